The van der Waals surface area contributed by atoms with Crippen LogP contribution in [-0.4, -0.2) is 25.5 Å². The number of carbonyl (C=O) groups excluding carboxylic acids is 2. The molecule has 3 aromatic rings. The summed E-state index contributed by atoms with van der Waals surface area (Å²) in [5.41, 5.74) is 3.38. The Morgan fingerprint density at radius 2 is 1.84 bits per heavy atom. The number of nitrogens with one attached hydrogen (secondary N) is 2. The standard InChI is InChI=1S/C24H19BrN2O4/c1-30-22-9-5-4-8-20(22)26-23(28)14-31-21-11-10-16(25)12-15(21)13-18-17-6-2-3-7-19(17)27-24(18)29/h2-13H,14H2,1H3,(H,26,28)(H,27,29)/b18-13-. The molecule has 0 fully saturated rings. The predicted molar refractivity (Wildman–Crippen MR) is 124 cm³/mol. The lowest BCUT2D eigenvalue weighted by Crippen LogP contribution is -2.20. The summed E-state index contributed by atoms with van der Waals surface area (Å²) in [7, 11) is 1.54. The van der Waals surface area contributed by atoms with Gasteiger partial charge in [0.1, 0.15) is 11.5 Å². The number of para-hydroxylation sites is 3. The largest absolute Gasteiger partial charge is 0.495 e. The molecule has 1 aliphatic rings. The molecule has 0 atom stereocenters. The Kier molecular flexibility index (Phi) is 6.04. The SMILES string of the molecule is COc1ccccc1NC(=O)COc1ccc(Br)cc1/C=C1\C(=O)Nc2ccccc21. The second kappa shape index (κ2) is 9.06. The van der Waals surface area contributed by atoms with Crippen LogP contribution in [0.4, 0.5) is 11.4 Å². The number of hydrogen-bond donors (Lipinski definition) is 2. The first-order valence-corrected chi connectivity index (χ1v) is 10.3. The van der Waals surface area contributed by atoms with Gasteiger partial charge in [-0.15, -0.1) is 0 Å². The molecule has 0 aromatic heterocycles. The summed E-state index contributed by atoms with van der Waals surface area (Å²) in [5, 5.41) is 5.63. The van der Waals surface area contributed by atoms with Gasteiger partial charge in [-0.25, -0.2) is 0 Å². The highest BCUT2D eigenvalue weighted by atomic mass is 79.9. The molecule has 0 aliphatic carbocycles. The number of ether oxygens (including phenoxy) is 2. The molecule has 7 heteroatoms. The number of carbonyl (C=O) groups is 2. The molecule has 0 saturated carbocycles. The topological polar surface area (TPSA) is 76.7 Å². The van der Waals surface area contributed by atoms with Gasteiger partial charge in [0.25, 0.3) is 11.8 Å². The zero-order valence-electron chi connectivity index (χ0n) is 16.6. The van der Waals surface area contributed by atoms with E-state index >= 15 is 0 Å². The van der Waals surface area contributed by atoms with Gasteiger partial charge < -0.3 is 20.1 Å². The molecular formula is C24H19BrN2O4. The van der Waals surface area contributed by atoms with Crippen LogP contribution < -0.4 is 20.1 Å². The van der Waals surface area contributed by atoms with Crippen molar-refractivity contribution in [3.63, 3.8) is 0 Å². The van der Waals surface area contributed by atoms with E-state index in [4.69, 9.17) is 9.47 Å². The van der Waals surface area contributed by atoms with Crippen LogP contribution in [0.5, 0.6) is 11.5 Å². The zero-order chi connectivity index (χ0) is 21.8. The molecule has 2 N–H and O–H groups in total. The van der Waals surface area contributed by atoms with Gasteiger partial charge in [0.15, 0.2) is 6.61 Å². The number of rotatable bonds is 6. The molecule has 31 heavy (non-hydrogen) atoms. The van der Waals surface area contributed by atoms with Gasteiger partial charge in [0, 0.05) is 26.9 Å². The lowest BCUT2D eigenvalue weighted by Gasteiger charge is -2.12. The second-order valence-corrected chi connectivity index (χ2v) is 7.69. The highest BCUT2D eigenvalue weighted by Crippen LogP contribution is 2.35. The van der Waals surface area contributed by atoms with Gasteiger partial charge in [-0.2, -0.15) is 0 Å². The minimum Gasteiger partial charge on any atom is -0.495 e. The van der Waals surface area contributed by atoms with Crippen LogP contribution in [0.25, 0.3) is 11.6 Å². The lowest BCUT2D eigenvalue weighted by molar-refractivity contribution is -0.118. The number of methoxy groups -OCH3 is 1. The third-order valence-corrected chi connectivity index (χ3v) is 5.21. The van der Waals surface area contributed by atoms with Crippen molar-refractivity contribution < 1.29 is 19.1 Å². The maximum atomic E-state index is 12.5. The Hall–Kier alpha value is -3.58. The summed E-state index contributed by atoms with van der Waals surface area (Å²) in [6.07, 6.45) is 1.76. The Bertz CT molecular complexity index is 1190. The molecule has 0 bridgehead atoms. The van der Waals surface area contributed by atoms with Crippen LogP contribution >= 0.6 is 15.9 Å². The van der Waals surface area contributed by atoms with E-state index in [-0.39, 0.29) is 18.4 Å². The fourth-order valence-electron chi connectivity index (χ4n) is 3.28. The van der Waals surface area contributed by atoms with Crippen molar-refractivity contribution in [3.05, 3.63) is 82.3 Å². The van der Waals surface area contributed by atoms with Crippen molar-refractivity contribution in [2.45, 2.75) is 0 Å². The number of anilines is 2. The van der Waals surface area contributed by atoms with Crippen LogP contribution in [0, 0.1) is 0 Å². The maximum absolute atomic E-state index is 12.5. The van der Waals surface area contributed by atoms with Gasteiger partial charge in [-0.1, -0.05) is 46.3 Å². The molecule has 4 rings (SSSR count). The number of amides is 2. The molecule has 2 amide bonds. The van der Waals surface area contributed by atoms with Crippen LogP contribution in [-0.2, 0) is 9.59 Å². The summed E-state index contributed by atoms with van der Waals surface area (Å²) in [6.45, 7) is -0.196. The number of halogens is 1. The summed E-state index contributed by atoms with van der Waals surface area (Å²) in [5.74, 6) is 0.551. The molecule has 0 saturated heterocycles. The number of fused-ring (bicyclic) bond motifs is 1. The van der Waals surface area contributed by atoms with Gasteiger partial charge in [0.2, 0.25) is 0 Å². The van der Waals surface area contributed by atoms with Crippen molar-refractivity contribution in [3.8, 4) is 11.5 Å². The van der Waals surface area contributed by atoms with E-state index in [1.54, 1.807) is 31.4 Å². The fourth-order valence-corrected chi connectivity index (χ4v) is 3.66. The highest BCUT2D eigenvalue weighted by molar-refractivity contribution is 9.10. The van der Waals surface area contributed by atoms with Gasteiger partial charge >= 0.3 is 0 Å². The van der Waals surface area contributed by atoms with E-state index in [1.165, 1.54) is 0 Å². The van der Waals surface area contributed by atoms with E-state index in [9.17, 15) is 9.59 Å². The molecule has 1 aliphatic heterocycles. The van der Waals surface area contributed by atoms with E-state index < -0.39 is 0 Å². The highest BCUT2D eigenvalue weighted by Gasteiger charge is 2.24. The molecule has 0 radical (unpaired) electrons. The molecule has 3 aromatic carbocycles. The van der Waals surface area contributed by atoms with Crippen molar-refractivity contribution in [2.75, 3.05) is 24.4 Å². The number of hydrogen-bond acceptors (Lipinski definition) is 4. The van der Waals surface area contributed by atoms with E-state index in [1.807, 2.05) is 48.5 Å². The average molecular weight is 479 g/mol. The van der Waals surface area contributed by atoms with E-state index in [2.05, 4.69) is 26.6 Å². The van der Waals surface area contributed by atoms with Crippen molar-refractivity contribution in [1.82, 2.24) is 0 Å². The first-order valence-electron chi connectivity index (χ1n) is 9.53. The van der Waals surface area contributed by atoms with Crippen LogP contribution in [0.2, 0.25) is 0 Å². The minimum atomic E-state index is -0.324. The lowest BCUT2D eigenvalue weighted by atomic mass is 10.0. The first-order chi connectivity index (χ1) is 15.0. The molecule has 0 unspecified atom stereocenters. The zero-order valence-corrected chi connectivity index (χ0v) is 18.2. The Balaban J connectivity index is 1.54. The van der Waals surface area contributed by atoms with E-state index in [0.717, 1.165) is 15.7 Å². The predicted octanol–water partition coefficient (Wildman–Crippen LogP) is 4.97. The third kappa shape index (κ3) is 4.62. The molecule has 0 spiro atoms. The smallest absolute Gasteiger partial charge is 0.262 e. The maximum Gasteiger partial charge on any atom is 0.262 e. The summed E-state index contributed by atoms with van der Waals surface area (Å²) >= 11 is 3.45. The molecule has 156 valence electrons. The van der Waals surface area contributed by atoms with Crippen molar-refractivity contribution in [2.24, 2.45) is 0 Å². The first kappa shape index (κ1) is 20.7. The molecule has 6 nitrogen and oxygen atoms in total. The summed E-state index contributed by atoms with van der Waals surface area (Å²) in [4.78, 5) is 24.9. The van der Waals surface area contributed by atoms with Crippen LogP contribution in [0.3, 0.4) is 0 Å². The Morgan fingerprint density at radius 1 is 1.06 bits per heavy atom. The van der Waals surface area contributed by atoms with Gasteiger partial charge in [0.05, 0.1) is 12.8 Å². The molecular weight excluding hydrogens is 460 g/mol. The van der Waals surface area contributed by atoms with Crippen LogP contribution in [0.15, 0.2) is 71.2 Å². The van der Waals surface area contributed by atoms with Gasteiger partial charge in [-0.3, -0.25) is 9.59 Å². The van der Waals surface area contributed by atoms with Crippen molar-refractivity contribution >= 4 is 50.8 Å². The number of benzene rings is 3. The Labute approximate surface area is 188 Å². The average Bonchev–Trinajstić information content (AvgIpc) is 3.08. The van der Waals surface area contributed by atoms with Crippen molar-refractivity contribution in [1.29, 1.82) is 0 Å². The monoisotopic (exact) mass is 478 g/mol. The summed E-state index contributed by atoms with van der Waals surface area (Å²) in [6, 6.07) is 20.1. The Morgan fingerprint density at radius 3 is 2.68 bits per heavy atom. The van der Waals surface area contributed by atoms with Gasteiger partial charge in [-0.05, 0) is 42.5 Å². The minimum absolute atomic E-state index is 0.180. The normalized spacial score (nSPS) is 13.5. The van der Waals surface area contributed by atoms with Crippen LogP contribution in [0.1, 0.15) is 11.1 Å². The quantitative estimate of drug-likeness (QED) is 0.490. The second-order valence-electron chi connectivity index (χ2n) is 6.78. The third-order valence-electron chi connectivity index (χ3n) is 4.72. The molecule has 1 heterocycles. The van der Waals surface area contributed by atoms with E-state index in [0.29, 0.717) is 28.3 Å². The summed E-state index contributed by atoms with van der Waals surface area (Å²) < 4.78 is 11.9. The fraction of sp³-hybridized carbons (Fsp3) is 0.0833.